The van der Waals surface area contributed by atoms with Crippen LogP contribution in [0.3, 0.4) is 0 Å². The number of benzene rings is 1. The molecule has 2 rings (SSSR count). The van der Waals surface area contributed by atoms with Gasteiger partial charge in [0.05, 0.1) is 13.2 Å². The van der Waals surface area contributed by atoms with E-state index in [9.17, 15) is 0 Å². The van der Waals surface area contributed by atoms with Crippen LogP contribution in [0.2, 0.25) is 0 Å². The predicted molar refractivity (Wildman–Crippen MR) is 88.9 cm³/mol. The molecule has 118 valence electrons. The summed E-state index contributed by atoms with van der Waals surface area (Å²) < 4.78 is 5.42. The molecule has 4 heteroatoms. The Kier molecular flexibility index (Phi) is 5.62. The number of ether oxygens (including phenoxy) is 1. The zero-order valence-corrected chi connectivity index (χ0v) is 13.6. The molecule has 2 N–H and O–H groups in total. The van der Waals surface area contributed by atoms with Crippen molar-refractivity contribution in [1.29, 1.82) is 0 Å². The minimum absolute atomic E-state index is 0.122. The molecule has 0 aromatic heterocycles. The van der Waals surface area contributed by atoms with Crippen molar-refractivity contribution in [3.8, 4) is 0 Å². The Balaban J connectivity index is 1.99. The highest BCUT2D eigenvalue weighted by Gasteiger charge is 2.27. The number of hydrogen-bond acceptors (Lipinski definition) is 4. The van der Waals surface area contributed by atoms with Crippen LogP contribution in [0.5, 0.6) is 0 Å². The molecule has 0 spiro atoms. The summed E-state index contributed by atoms with van der Waals surface area (Å²) in [5.74, 6) is 0. The topological polar surface area (TPSA) is 41.7 Å². The molecule has 1 fully saturated rings. The molecule has 21 heavy (non-hydrogen) atoms. The minimum Gasteiger partial charge on any atom is -0.379 e. The molecule has 1 aliphatic heterocycles. The first-order chi connectivity index (χ1) is 10.0. The van der Waals surface area contributed by atoms with Crippen molar-refractivity contribution in [2.45, 2.75) is 13.3 Å². The van der Waals surface area contributed by atoms with Crippen molar-refractivity contribution in [2.75, 3.05) is 58.4 Å². The van der Waals surface area contributed by atoms with Gasteiger partial charge in [0.2, 0.25) is 0 Å². The van der Waals surface area contributed by atoms with Gasteiger partial charge in [-0.1, -0.05) is 19.1 Å². The summed E-state index contributed by atoms with van der Waals surface area (Å²) in [5, 5.41) is 0. The number of nitrogens with zero attached hydrogens (tertiary/aromatic N) is 2. The molecule has 1 aromatic carbocycles. The summed E-state index contributed by atoms with van der Waals surface area (Å²) in [6.45, 7) is 7.78. The van der Waals surface area contributed by atoms with Crippen molar-refractivity contribution >= 4 is 5.69 Å². The Morgan fingerprint density at radius 3 is 2.33 bits per heavy atom. The molecule has 0 bridgehead atoms. The van der Waals surface area contributed by atoms with Crippen molar-refractivity contribution in [3.05, 3.63) is 29.8 Å². The number of hydrogen-bond donors (Lipinski definition) is 1. The number of rotatable bonds is 6. The lowest BCUT2D eigenvalue weighted by Crippen LogP contribution is -2.46. The molecule has 0 aliphatic carbocycles. The molecule has 4 nitrogen and oxygen atoms in total. The van der Waals surface area contributed by atoms with E-state index in [0.717, 1.165) is 39.3 Å². The SMILES string of the molecule is CN(C)c1ccc(CC(C)(CN)CN2CCOCC2)cc1. The monoisotopic (exact) mass is 291 g/mol. The van der Waals surface area contributed by atoms with Crippen molar-refractivity contribution in [1.82, 2.24) is 4.90 Å². The lowest BCUT2D eigenvalue weighted by Gasteiger charge is -2.36. The smallest absolute Gasteiger partial charge is 0.0594 e. The molecule has 1 heterocycles. The number of morpholine rings is 1. The van der Waals surface area contributed by atoms with Gasteiger partial charge >= 0.3 is 0 Å². The quantitative estimate of drug-likeness (QED) is 0.864. The molecule has 0 radical (unpaired) electrons. The first-order valence-corrected chi connectivity index (χ1v) is 7.79. The largest absolute Gasteiger partial charge is 0.379 e. The zero-order valence-electron chi connectivity index (χ0n) is 13.6. The van der Waals surface area contributed by atoms with Crippen LogP contribution in [0.15, 0.2) is 24.3 Å². The van der Waals surface area contributed by atoms with Crippen LogP contribution in [0.4, 0.5) is 5.69 Å². The fourth-order valence-corrected chi connectivity index (χ4v) is 2.90. The summed E-state index contributed by atoms with van der Waals surface area (Å²) in [5.41, 5.74) is 8.81. The molecule has 1 atom stereocenters. The normalized spacial score (nSPS) is 19.2. The highest BCUT2D eigenvalue weighted by Crippen LogP contribution is 2.24. The van der Waals surface area contributed by atoms with Crippen LogP contribution < -0.4 is 10.6 Å². The first kappa shape index (κ1) is 16.3. The van der Waals surface area contributed by atoms with Crippen molar-refractivity contribution in [3.63, 3.8) is 0 Å². The average Bonchev–Trinajstić information content (AvgIpc) is 2.48. The van der Waals surface area contributed by atoms with E-state index < -0.39 is 0 Å². The van der Waals surface area contributed by atoms with Gasteiger partial charge in [-0.2, -0.15) is 0 Å². The van der Waals surface area contributed by atoms with Crippen molar-refractivity contribution in [2.24, 2.45) is 11.1 Å². The Labute approximate surface area is 128 Å². The standard InChI is InChI=1S/C17H29N3O/c1-17(13-18,14-20-8-10-21-11-9-20)12-15-4-6-16(7-5-15)19(2)3/h4-7H,8-14,18H2,1-3H3. The lowest BCUT2D eigenvalue weighted by molar-refractivity contribution is 0.0198. The van der Waals surface area contributed by atoms with Crippen LogP contribution >= 0.6 is 0 Å². The van der Waals surface area contributed by atoms with Crippen molar-refractivity contribution < 1.29 is 4.74 Å². The summed E-state index contributed by atoms with van der Waals surface area (Å²) >= 11 is 0. The van der Waals surface area contributed by atoms with E-state index in [-0.39, 0.29) is 5.41 Å². The van der Waals surface area contributed by atoms with Crippen LogP contribution in [-0.4, -0.2) is 58.4 Å². The fourth-order valence-electron chi connectivity index (χ4n) is 2.90. The maximum Gasteiger partial charge on any atom is 0.0594 e. The van der Waals surface area contributed by atoms with Gasteiger partial charge in [0.1, 0.15) is 0 Å². The van der Waals surface area contributed by atoms with Gasteiger partial charge in [-0.15, -0.1) is 0 Å². The van der Waals surface area contributed by atoms with Gasteiger partial charge in [0.15, 0.2) is 0 Å². The van der Waals surface area contributed by atoms with Crippen LogP contribution in [0.25, 0.3) is 0 Å². The van der Waals surface area contributed by atoms with E-state index in [2.05, 4.69) is 55.1 Å². The summed E-state index contributed by atoms with van der Waals surface area (Å²) in [6.07, 6.45) is 1.02. The van der Waals surface area contributed by atoms with E-state index in [4.69, 9.17) is 10.5 Å². The van der Waals surface area contributed by atoms with Gasteiger partial charge in [-0.05, 0) is 36.1 Å². The Morgan fingerprint density at radius 1 is 1.19 bits per heavy atom. The highest BCUT2D eigenvalue weighted by atomic mass is 16.5. The van der Waals surface area contributed by atoms with Gasteiger partial charge < -0.3 is 15.4 Å². The highest BCUT2D eigenvalue weighted by molar-refractivity contribution is 5.46. The van der Waals surface area contributed by atoms with E-state index in [1.54, 1.807) is 0 Å². The average molecular weight is 291 g/mol. The lowest BCUT2D eigenvalue weighted by atomic mass is 9.83. The minimum atomic E-state index is 0.122. The van der Waals surface area contributed by atoms with Gasteiger partial charge in [0.25, 0.3) is 0 Å². The van der Waals surface area contributed by atoms with Crippen LogP contribution in [0.1, 0.15) is 12.5 Å². The third-order valence-electron chi connectivity index (χ3n) is 4.29. The summed E-state index contributed by atoms with van der Waals surface area (Å²) in [4.78, 5) is 4.60. The molecule has 1 aliphatic rings. The predicted octanol–water partition coefficient (Wildman–Crippen LogP) is 1.59. The second-order valence-corrected chi connectivity index (χ2v) is 6.64. The van der Waals surface area contributed by atoms with Gasteiger partial charge in [-0.3, -0.25) is 4.90 Å². The number of nitrogens with two attached hydrogens (primary N) is 1. The van der Waals surface area contributed by atoms with Crippen LogP contribution in [-0.2, 0) is 11.2 Å². The maximum atomic E-state index is 6.08. The first-order valence-electron chi connectivity index (χ1n) is 7.79. The summed E-state index contributed by atoms with van der Waals surface area (Å²) in [7, 11) is 4.13. The molecular formula is C17H29N3O. The Hall–Kier alpha value is -1.10. The third kappa shape index (κ3) is 4.70. The fraction of sp³-hybridized carbons (Fsp3) is 0.647. The molecule has 1 saturated heterocycles. The summed E-state index contributed by atoms with van der Waals surface area (Å²) in [6, 6.07) is 8.81. The second-order valence-electron chi connectivity index (χ2n) is 6.64. The molecule has 1 unspecified atom stereocenters. The number of anilines is 1. The Morgan fingerprint density at radius 2 is 1.81 bits per heavy atom. The van der Waals surface area contributed by atoms with Crippen LogP contribution in [0, 0.1) is 5.41 Å². The third-order valence-corrected chi connectivity index (χ3v) is 4.29. The van der Waals surface area contributed by atoms with E-state index in [1.165, 1.54) is 11.3 Å². The van der Waals surface area contributed by atoms with E-state index >= 15 is 0 Å². The zero-order chi connectivity index (χ0) is 15.3. The molecular weight excluding hydrogens is 262 g/mol. The molecule has 0 saturated carbocycles. The van der Waals surface area contributed by atoms with Gasteiger partial charge in [-0.25, -0.2) is 0 Å². The maximum absolute atomic E-state index is 6.08. The molecule has 0 amide bonds. The van der Waals surface area contributed by atoms with Gasteiger partial charge in [0, 0.05) is 39.4 Å². The molecule has 1 aromatic rings. The second kappa shape index (κ2) is 7.25. The Bertz CT molecular complexity index is 426. The van der Waals surface area contributed by atoms with E-state index in [0.29, 0.717) is 6.54 Å². The van der Waals surface area contributed by atoms with E-state index in [1.807, 2.05) is 0 Å².